The zero-order valence-electron chi connectivity index (χ0n) is 18.1. The lowest BCUT2D eigenvalue weighted by molar-refractivity contribution is -0.184. The molecule has 0 aliphatic heterocycles. The molecule has 4 bridgehead atoms. The summed E-state index contributed by atoms with van der Waals surface area (Å²) in [7, 11) is 0. The van der Waals surface area contributed by atoms with Gasteiger partial charge < -0.3 is 14.6 Å². The molecule has 28 heavy (non-hydrogen) atoms. The summed E-state index contributed by atoms with van der Waals surface area (Å²) in [6.45, 7) is 13.0. The Bertz CT molecular complexity index is 686. The van der Waals surface area contributed by atoms with Gasteiger partial charge in [-0.15, -0.1) is 0 Å². The largest absolute Gasteiger partial charge is 0.458 e. The number of hydrogen-bond acceptors (Lipinski definition) is 5. The van der Waals surface area contributed by atoms with Gasteiger partial charge in [0.2, 0.25) is 0 Å². The lowest BCUT2D eigenvalue weighted by Gasteiger charge is -2.41. The summed E-state index contributed by atoms with van der Waals surface area (Å²) in [5.41, 5.74) is -2.31. The third-order valence-electron chi connectivity index (χ3n) is 7.69. The summed E-state index contributed by atoms with van der Waals surface area (Å²) < 4.78 is 11.9. The Balaban J connectivity index is 1.75. The molecule has 158 valence electrons. The van der Waals surface area contributed by atoms with Crippen LogP contribution in [0.1, 0.15) is 86.0 Å². The van der Waals surface area contributed by atoms with Crippen LogP contribution in [0.2, 0.25) is 0 Å². The van der Waals surface area contributed by atoms with Gasteiger partial charge in [0, 0.05) is 24.3 Å². The number of carbonyl (C=O) groups is 2. The lowest BCUT2D eigenvalue weighted by atomic mass is 9.75. The smallest absolute Gasteiger partial charge is 0.333 e. The molecule has 0 aromatic rings. The first-order valence-electron chi connectivity index (χ1n) is 10.7. The van der Waals surface area contributed by atoms with E-state index in [1.54, 1.807) is 6.92 Å². The van der Waals surface area contributed by atoms with E-state index in [4.69, 9.17) is 9.47 Å². The van der Waals surface area contributed by atoms with Gasteiger partial charge in [-0.1, -0.05) is 20.4 Å². The van der Waals surface area contributed by atoms with E-state index < -0.39 is 28.2 Å². The van der Waals surface area contributed by atoms with Crippen molar-refractivity contribution in [3.63, 3.8) is 0 Å². The van der Waals surface area contributed by atoms with Crippen LogP contribution in [0.15, 0.2) is 12.2 Å². The molecule has 6 atom stereocenters. The third kappa shape index (κ3) is 3.62. The molecule has 4 aliphatic carbocycles. The lowest BCUT2D eigenvalue weighted by Crippen LogP contribution is -2.47. The standard InChI is InChI=1S/C23H36O5/c1-7-20(5,13-21(6,8-2)27-18(24)15(3)4)19(25)28-23-11-16-9-17(23)12-22(26,10-16)14-23/h16-17,26H,3,7-14H2,1-2,4-6H3. The van der Waals surface area contributed by atoms with E-state index in [9.17, 15) is 14.7 Å². The molecule has 5 nitrogen and oxygen atoms in total. The maximum atomic E-state index is 13.4. The highest BCUT2D eigenvalue weighted by atomic mass is 16.6. The maximum Gasteiger partial charge on any atom is 0.333 e. The Hall–Kier alpha value is -1.36. The molecule has 0 saturated heterocycles. The van der Waals surface area contributed by atoms with Crippen molar-refractivity contribution in [1.82, 2.24) is 0 Å². The van der Waals surface area contributed by atoms with E-state index in [2.05, 4.69) is 6.58 Å². The zero-order chi connectivity index (χ0) is 21.0. The summed E-state index contributed by atoms with van der Waals surface area (Å²) in [5, 5.41) is 10.8. The molecular weight excluding hydrogens is 356 g/mol. The molecule has 1 N–H and O–H groups in total. The van der Waals surface area contributed by atoms with Crippen molar-refractivity contribution < 1.29 is 24.2 Å². The van der Waals surface area contributed by atoms with Crippen molar-refractivity contribution in [1.29, 1.82) is 0 Å². The van der Waals surface area contributed by atoms with E-state index >= 15 is 0 Å². The van der Waals surface area contributed by atoms with E-state index in [1.165, 1.54) is 0 Å². The van der Waals surface area contributed by atoms with E-state index in [1.807, 2.05) is 27.7 Å². The summed E-state index contributed by atoms with van der Waals surface area (Å²) in [6.07, 6.45) is 5.70. The second-order valence-electron chi connectivity index (χ2n) is 10.3. The van der Waals surface area contributed by atoms with Gasteiger partial charge in [-0.3, -0.25) is 4.79 Å². The minimum absolute atomic E-state index is 0.224. The average molecular weight is 393 g/mol. The van der Waals surface area contributed by atoms with Crippen molar-refractivity contribution in [3.05, 3.63) is 12.2 Å². The number of hydrogen-bond donors (Lipinski definition) is 1. The molecule has 4 saturated carbocycles. The first kappa shape index (κ1) is 21.4. The van der Waals surface area contributed by atoms with Gasteiger partial charge in [-0.25, -0.2) is 4.79 Å². The Morgan fingerprint density at radius 2 is 1.86 bits per heavy atom. The van der Waals surface area contributed by atoms with Crippen LogP contribution in [0.5, 0.6) is 0 Å². The van der Waals surface area contributed by atoms with Crippen molar-refractivity contribution >= 4 is 11.9 Å². The molecule has 0 spiro atoms. The maximum absolute atomic E-state index is 13.4. The minimum Gasteiger partial charge on any atom is -0.458 e. The molecule has 4 fully saturated rings. The SMILES string of the molecule is C=C(C)C(=O)OC(C)(CC)CC(C)(CC)C(=O)OC12CC3CC1CC(O)(C3)C2. The molecule has 5 heteroatoms. The topological polar surface area (TPSA) is 72.8 Å². The zero-order valence-corrected chi connectivity index (χ0v) is 18.1. The van der Waals surface area contributed by atoms with Gasteiger partial charge in [0.05, 0.1) is 11.0 Å². The monoisotopic (exact) mass is 392 g/mol. The summed E-state index contributed by atoms with van der Waals surface area (Å²) >= 11 is 0. The number of carbonyl (C=O) groups excluding carboxylic acids is 2. The fourth-order valence-corrected chi connectivity index (χ4v) is 5.96. The Morgan fingerprint density at radius 1 is 1.18 bits per heavy atom. The van der Waals surface area contributed by atoms with Crippen LogP contribution < -0.4 is 0 Å². The quantitative estimate of drug-likeness (QED) is 0.492. The normalized spacial score (nSPS) is 37.2. The van der Waals surface area contributed by atoms with Crippen molar-refractivity contribution in [2.45, 2.75) is 103 Å². The highest BCUT2D eigenvalue weighted by Gasteiger charge is 2.66. The van der Waals surface area contributed by atoms with E-state index in [0.29, 0.717) is 37.2 Å². The molecule has 4 rings (SSSR count). The Morgan fingerprint density at radius 3 is 2.39 bits per heavy atom. The molecule has 0 aromatic heterocycles. The number of ether oxygens (including phenoxy) is 2. The predicted molar refractivity (Wildman–Crippen MR) is 106 cm³/mol. The molecular formula is C23H36O5. The second kappa shape index (κ2) is 6.86. The van der Waals surface area contributed by atoms with E-state index in [0.717, 1.165) is 25.7 Å². The van der Waals surface area contributed by atoms with Crippen LogP contribution in [0.4, 0.5) is 0 Å². The fraction of sp³-hybridized carbons (Fsp3) is 0.826. The molecule has 0 radical (unpaired) electrons. The van der Waals surface area contributed by atoms with Crippen LogP contribution in [-0.4, -0.2) is 33.8 Å². The van der Waals surface area contributed by atoms with Gasteiger partial charge >= 0.3 is 11.9 Å². The molecule has 6 unspecified atom stereocenters. The van der Waals surface area contributed by atoms with Crippen molar-refractivity contribution in [3.8, 4) is 0 Å². The highest BCUT2D eigenvalue weighted by Crippen LogP contribution is 2.64. The van der Waals surface area contributed by atoms with Crippen LogP contribution in [0, 0.1) is 17.3 Å². The van der Waals surface area contributed by atoms with Crippen molar-refractivity contribution in [2.75, 3.05) is 0 Å². The molecule has 0 amide bonds. The summed E-state index contributed by atoms with van der Waals surface area (Å²) in [5.74, 6) is 0.0947. The first-order chi connectivity index (χ1) is 12.9. The second-order valence-corrected chi connectivity index (χ2v) is 10.3. The number of esters is 2. The van der Waals surface area contributed by atoms with E-state index in [-0.39, 0.29) is 11.9 Å². The highest BCUT2D eigenvalue weighted by molar-refractivity contribution is 5.87. The predicted octanol–water partition coefficient (Wildman–Crippen LogP) is 4.32. The number of rotatable bonds is 8. The summed E-state index contributed by atoms with van der Waals surface area (Å²) in [6, 6.07) is 0. The van der Waals surface area contributed by atoms with Gasteiger partial charge in [0.1, 0.15) is 11.2 Å². The van der Waals surface area contributed by atoms with Crippen LogP contribution >= 0.6 is 0 Å². The van der Waals surface area contributed by atoms with Crippen LogP contribution in [0.25, 0.3) is 0 Å². The first-order valence-corrected chi connectivity index (χ1v) is 10.7. The average Bonchev–Trinajstić information content (AvgIpc) is 2.94. The Labute approximate surface area is 168 Å². The Kier molecular flexibility index (Phi) is 5.23. The fourth-order valence-electron chi connectivity index (χ4n) is 5.96. The van der Waals surface area contributed by atoms with Crippen molar-refractivity contribution in [2.24, 2.45) is 17.3 Å². The molecule has 0 aromatic carbocycles. The van der Waals surface area contributed by atoms with Gasteiger partial charge in [0.15, 0.2) is 0 Å². The molecule has 4 aliphatic rings. The van der Waals surface area contributed by atoms with Gasteiger partial charge in [-0.2, -0.15) is 0 Å². The van der Waals surface area contributed by atoms with Gasteiger partial charge in [0.25, 0.3) is 0 Å². The summed E-state index contributed by atoms with van der Waals surface area (Å²) in [4.78, 5) is 25.5. The minimum atomic E-state index is -0.761. The molecule has 0 heterocycles. The third-order valence-corrected chi connectivity index (χ3v) is 7.69. The van der Waals surface area contributed by atoms with Crippen LogP contribution in [-0.2, 0) is 19.1 Å². The number of aliphatic hydroxyl groups is 1. The van der Waals surface area contributed by atoms with Gasteiger partial charge in [-0.05, 0) is 65.2 Å². The van der Waals surface area contributed by atoms with Crippen LogP contribution in [0.3, 0.4) is 0 Å².